The molecule has 0 fully saturated rings. The van der Waals surface area contributed by atoms with E-state index in [9.17, 15) is 8.42 Å². The molecule has 1 rings (SSSR count). The highest BCUT2D eigenvalue weighted by Crippen LogP contribution is 2.22. The van der Waals surface area contributed by atoms with Gasteiger partial charge in [-0.2, -0.15) is 0 Å². The molecule has 0 heterocycles. The van der Waals surface area contributed by atoms with Crippen molar-refractivity contribution in [3.8, 4) is 0 Å². The van der Waals surface area contributed by atoms with Crippen LogP contribution >= 0.6 is 0 Å². The van der Waals surface area contributed by atoms with Crippen LogP contribution in [0.3, 0.4) is 0 Å². The molecule has 4 N–H and O–H groups in total. The fourth-order valence-corrected chi connectivity index (χ4v) is 1.93. The Morgan fingerprint density at radius 1 is 1.31 bits per heavy atom. The molecule has 0 unspecified atom stereocenters. The Morgan fingerprint density at radius 3 is 2.38 bits per heavy atom. The van der Waals surface area contributed by atoms with Crippen molar-refractivity contribution in [1.82, 2.24) is 9.73 Å². The summed E-state index contributed by atoms with van der Waals surface area (Å²) >= 11 is 0. The Hall–Kier alpha value is -1.31. The maximum absolute atomic E-state index is 11.5. The summed E-state index contributed by atoms with van der Waals surface area (Å²) in [4.78, 5) is 0.150. The van der Waals surface area contributed by atoms with Crippen molar-refractivity contribution in [1.29, 1.82) is 0 Å². The van der Waals surface area contributed by atoms with E-state index < -0.39 is 10.0 Å². The third-order valence-electron chi connectivity index (χ3n) is 1.95. The van der Waals surface area contributed by atoms with Crippen molar-refractivity contribution < 1.29 is 8.42 Å². The number of benzene rings is 1. The second-order valence-electron chi connectivity index (χ2n) is 3.46. The molecule has 90 valence electrons. The molecule has 0 spiro atoms. The molecule has 0 amide bonds. The highest BCUT2D eigenvalue weighted by molar-refractivity contribution is 7.89. The maximum Gasteiger partial charge on any atom is 0.240 e. The first kappa shape index (κ1) is 12.8. The summed E-state index contributed by atoms with van der Waals surface area (Å²) in [6.07, 6.45) is 0. The number of hydrogen-bond acceptors (Lipinski definition) is 5. The molecule has 7 heteroatoms. The molecular formula is C9H16N4O2S. The van der Waals surface area contributed by atoms with Crippen molar-refractivity contribution in [2.45, 2.75) is 4.90 Å². The molecule has 0 aliphatic carbocycles. The zero-order valence-electron chi connectivity index (χ0n) is 9.48. The number of nitrogens with one attached hydrogen (secondary N) is 2. The molecule has 0 aromatic heterocycles. The van der Waals surface area contributed by atoms with E-state index in [1.54, 1.807) is 11.1 Å². The van der Waals surface area contributed by atoms with Crippen LogP contribution in [0.4, 0.5) is 11.4 Å². The quantitative estimate of drug-likeness (QED) is 0.515. The number of sulfonamides is 1. The van der Waals surface area contributed by atoms with Crippen LogP contribution in [0.1, 0.15) is 0 Å². The molecule has 0 saturated heterocycles. The Bertz CT molecular complexity index is 470. The van der Waals surface area contributed by atoms with Gasteiger partial charge in [-0.3, -0.25) is 0 Å². The van der Waals surface area contributed by atoms with Gasteiger partial charge in [0.2, 0.25) is 10.0 Å². The molecule has 0 saturated carbocycles. The van der Waals surface area contributed by atoms with Gasteiger partial charge in [0.1, 0.15) is 0 Å². The van der Waals surface area contributed by atoms with E-state index in [-0.39, 0.29) is 4.90 Å². The van der Waals surface area contributed by atoms with E-state index in [2.05, 4.69) is 10.1 Å². The number of nitrogens with zero attached hydrogens (tertiary/aromatic N) is 1. The first-order chi connectivity index (χ1) is 7.36. The van der Waals surface area contributed by atoms with Gasteiger partial charge in [0.25, 0.3) is 0 Å². The average Bonchev–Trinajstić information content (AvgIpc) is 2.20. The van der Waals surface area contributed by atoms with Crippen LogP contribution in [0, 0.1) is 0 Å². The van der Waals surface area contributed by atoms with Gasteiger partial charge in [0.05, 0.1) is 16.3 Å². The predicted molar refractivity (Wildman–Crippen MR) is 64.4 cm³/mol. The average molecular weight is 244 g/mol. The van der Waals surface area contributed by atoms with Gasteiger partial charge in [0.15, 0.2) is 0 Å². The minimum atomic E-state index is -3.44. The summed E-state index contributed by atoms with van der Waals surface area (Å²) in [7, 11) is 1.56. The summed E-state index contributed by atoms with van der Waals surface area (Å²) < 4.78 is 25.2. The zero-order chi connectivity index (χ0) is 12.3. The van der Waals surface area contributed by atoms with Crippen LogP contribution in [-0.2, 0) is 10.0 Å². The molecular weight excluding hydrogens is 228 g/mol. The number of hydrazine groups is 1. The van der Waals surface area contributed by atoms with Crippen molar-refractivity contribution in [3.63, 3.8) is 0 Å². The Balaban J connectivity index is 3.09. The third-order valence-corrected chi connectivity index (χ3v) is 3.36. The minimum absolute atomic E-state index is 0.150. The number of rotatable bonds is 4. The lowest BCUT2D eigenvalue weighted by Gasteiger charge is -2.15. The fraction of sp³-hybridized carbons (Fsp3) is 0.333. The normalized spacial score (nSPS) is 11.8. The largest absolute Gasteiger partial charge is 0.397 e. The lowest BCUT2D eigenvalue weighted by molar-refractivity contribution is 0.495. The topological polar surface area (TPSA) is 87.5 Å². The van der Waals surface area contributed by atoms with Crippen molar-refractivity contribution in [2.24, 2.45) is 0 Å². The summed E-state index contributed by atoms with van der Waals surface area (Å²) in [5, 5.41) is 1.72. The van der Waals surface area contributed by atoms with Crippen molar-refractivity contribution >= 4 is 21.4 Å². The Kier molecular flexibility index (Phi) is 3.74. The predicted octanol–water partition coefficient (Wildman–Crippen LogP) is 0.0654. The lowest BCUT2D eigenvalue weighted by Crippen LogP contribution is -2.21. The number of anilines is 2. The monoisotopic (exact) mass is 244 g/mol. The maximum atomic E-state index is 11.5. The first-order valence-electron chi connectivity index (χ1n) is 4.64. The Labute approximate surface area is 95.5 Å². The number of nitrogen functional groups attached to an aromatic ring is 1. The van der Waals surface area contributed by atoms with E-state index in [1.807, 2.05) is 14.1 Å². The highest BCUT2D eigenvalue weighted by atomic mass is 32.2. The fourth-order valence-electron chi connectivity index (χ4n) is 1.17. The van der Waals surface area contributed by atoms with Gasteiger partial charge in [-0.25, -0.2) is 18.1 Å². The summed E-state index contributed by atoms with van der Waals surface area (Å²) in [6, 6.07) is 4.53. The van der Waals surface area contributed by atoms with Crippen LogP contribution in [0.2, 0.25) is 0 Å². The van der Waals surface area contributed by atoms with Gasteiger partial charge < -0.3 is 11.2 Å². The van der Waals surface area contributed by atoms with Crippen LogP contribution in [0.15, 0.2) is 23.1 Å². The van der Waals surface area contributed by atoms with Crippen LogP contribution in [0.5, 0.6) is 0 Å². The SMILES string of the molecule is CNS(=O)(=O)c1ccc(NN(C)C)c(N)c1. The second-order valence-corrected chi connectivity index (χ2v) is 5.35. The lowest BCUT2D eigenvalue weighted by atomic mass is 10.3. The standard InChI is InChI=1S/C9H16N4O2S/c1-11-16(14,15)7-4-5-9(8(10)6-7)12-13(2)3/h4-6,11-12H,10H2,1-3H3. The van der Waals surface area contributed by atoms with Gasteiger partial charge >= 0.3 is 0 Å². The molecule has 16 heavy (non-hydrogen) atoms. The highest BCUT2D eigenvalue weighted by Gasteiger charge is 2.12. The van der Waals surface area contributed by atoms with E-state index >= 15 is 0 Å². The van der Waals surface area contributed by atoms with Gasteiger partial charge in [-0.1, -0.05) is 0 Å². The van der Waals surface area contributed by atoms with Gasteiger partial charge in [0, 0.05) is 14.1 Å². The van der Waals surface area contributed by atoms with Crippen molar-refractivity contribution in [2.75, 3.05) is 32.3 Å². The van der Waals surface area contributed by atoms with E-state index in [4.69, 9.17) is 5.73 Å². The molecule has 0 atom stereocenters. The molecule has 1 aromatic rings. The first-order valence-corrected chi connectivity index (χ1v) is 6.12. The second kappa shape index (κ2) is 4.69. The van der Waals surface area contributed by atoms with E-state index in [0.717, 1.165) is 0 Å². The molecule has 0 radical (unpaired) electrons. The Morgan fingerprint density at radius 2 is 1.94 bits per heavy atom. The minimum Gasteiger partial charge on any atom is -0.397 e. The van der Waals surface area contributed by atoms with Crippen LogP contribution < -0.4 is 15.9 Å². The summed E-state index contributed by atoms with van der Waals surface area (Å²) in [5.74, 6) is 0. The summed E-state index contributed by atoms with van der Waals surface area (Å²) in [6.45, 7) is 0. The number of hydrogen-bond donors (Lipinski definition) is 3. The molecule has 0 bridgehead atoms. The molecule has 0 aliphatic rings. The third kappa shape index (κ3) is 2.84. The molecule has 0 aliphatic heterocycles. The van der Waals surface area contributed by atoms with E-state index in [0.29, 0.717) is 11.4 Å². The van der Waals surface area contributed by atoms with Crippen LogP contribution in [-0.4, -0.2) is 34.6 Å². The molecule has 6 nitrogen and oxygen atoms in total. The summed E-state index contributed by atoms with van der Waals surface area (Å²) in [5.41, 5.74) is 9.75. The van der Waals surface area contributed by atoms with Crippen LogP contribution in [0.25, 0.3) is 0 Å². The molecule has 1 aromatic carbocycles. The smallest absolute Gasteiger partial charge is 0.240 e. The zero-order valence-corrected chi connectivity index (χ0v) is 10.3. The van der Waals surface area contributed by atoms with Gasteiger partial charge in [-0.15, -0.1) is 0 Å². The van der Waals surface area contributed by atoms with Crippen molar-refractivity contribution in [3.05, 3.63) is 18.2 Å². The van der Waals surface area contributed by atoms with Gasteiger partial charge in [-0.05, 0) is 25.2 Å². The number of nitrogens with two attached hydrogens (primary N) is 1. The van der Waals surface area contributed by atoms with E-state index in [1.165, 1.54) is 19.2 Å².